The molecule has 1 aliphatic heterocycles. The van der Waals surface area contributed by atoms with Gasteiger partial charge < -0.3 is 14.2 Å². The molecule has 0 spiro atoms. The molecule has 1 aromatic heterocycles. The normalized spacial score (nSPS) is 17.6. The van der Waals surface area contributed by atoms with Crippen LogP contribution in [-0.4, -0.2) is 59.6 Å². The molecule has 3 rings (SSSR count). The summed E-state index contributed by atoms with van der Waals surface area (Å²) in [5.41, 5.74) is 1.00. The van der Waals surface area contributed by atoms with E-state index in [0.717, 1.165) is 30.8 Å². The highest BCUT2D eigenvalue weighted by Gasteiger charge is 2.29. The summed E-state index contributed by atoms with van der Waals surface area (Å²) in [6.45, 7) is 4.38. The number of nitrogens with zero attached hydrogens (tertiary/aromatic N) is 4. The van der Waals surface area contributed by atoms with Crippen LogP contribution < -0.4 is 4.74 Å². The SMILES string of the molecule is COc1ccccc1CN(C)C(=O)CN1CC[C@H](c2nc(C)no2)C1. The highest BCUT2D eigenvalue weighted by molar-refractivity contribution is 5.78. The van der Waals surface area contributed by atoms with Crippen LogP contribution in [0.1, 0.15) is 29.6 Å². The van der Waals surface area contributed by atoms with Crippen LogP contribution in [0.4, 0.5) is 0 Å². The number of carbonyl (C=O) groups excluding carboxylic acids is 1. The highest BCUT2D eigenvalue weighted by Crippen LogP contribution is 2.26. The lowest BCUT2D eigenvalue weighted by atomic mass is 10.1. The van der Waals surface area contributed by atoms with E-state index in [0.29, 0.717) is 24.8 Å². The molecule has 1 amide bonds. The second kappa shape index (κ2) is 7.65. The summed E-state index contributed by atoms with van der Waals surface area (Å²) in [4.78, 5) is 20.7. The second-order valence-electron chi connectivity index (χ2n) is 6.46. The zero-order valence-electron chi connectivity index (χ0n) is 14.9. The van der Waals surface area contributed by atoms with Crippen molar-refractivity contribution in [3.05, 3.63) is 41.5 Å². The van der Waals surface area contributed by atoms with Crippen LogP contribution >= 0.6 is 0 Å². The summed E-state index contributed by atoms with van der Waals surface area (Å²) >= 11 is 0. The Bertz CT molecular complexity index is 731. The molecule has 1 aromatic carbocycles. The molecule has 0 saturated carbocycles. The van der Waals surface area contributed by atoms with Gasteiger partial charge in [0.2, 0.25) is 11.8 Å². The van der Waals surface area contributed by atoms with Gasteiger partial charge in [-0.1, -0.05) is 23.4 Å². The smallest absolute Gasteiger partial charge is 0.236 e. The van der Waals surface area contributed by atoms with Gasteiger partial charge in [0.1, 0.15) is 5.75 Å². The van der Waals surface area contributed by atoms with Gasteiger partial charge in [-0.05, 0) is 26.0 Å². The zero-order valence-corrected chi connectivity index (χ0v) is 14.9. The van der Waals surface area contributed by atoms with Crippen molar-refractivity contribution in [3.63, 3.8) is 0 Å². The predicted octanol–water partition coefficient (Wildman–Crippen LogP) is 1.83. The van der Waals surface area contributed by atoms with Crippen molar-refractivity contribution in [1.29, 1.82) is 0 Å². The number of para-hydroxylation sites is 1. The van der Waals surface area contributed by atoms with Gasteiger partial charge in [0.05, 0.1) is 19.6 Å². The molecule has 1 saturated heterocycles. The monoisotopic (exact) mass is 344 g/mol. The predicted molar refractivity (Wildman–Crippen MR) is 92.3 cm³/mol. The minimum atomic E-state index is 0.0910. The summed E-state index contributed by atoms with van der Waals surface area (Å²) < 4.78 is 10.6. The highest BCUT2D eigenvalue weighted by atomic mass is 16.5. The number of benzene rings is 1. The summed E-state index contributed by atoms with van der Waals surface area (Å²) in [7, 11) is 3.47. The van der Waals surface area contributed by atoms with Crippen LogP contribution in [0, 0.1) is 6.92 Å². The first-order valence-electron chi connectivity index (χ1n) is 8.45. The molecule has 0 aliphatic carbocycles. The third kappa shape index (κ3) is 4.17. The Balaban J connectivity index is 1.53. The number of rotatable bonds is 6. The first-order valence-corrected chi connectivity index (χ1v) is 8.45. The summed E-state index contributed by atoms with van der Waals surface area (Å²) in [5.74, 6) is 2.44. The Morgan fingerprint density at radius 1 is 1.44 bits per heavy atom. The van der Waals surface area contributed by atoms with Gasteiger partial charge in [0.25, 0.3) is 0 Å². The number of aromatic nitrogens is 2. The van der Waals surface area contributed by atoms with Crippen molar-refractivity contribution < 1.29 is 14.1 Å². The van der Waals surface area contributed by atoms with Gasteiger partial charge in [-0.15, -0.1) is 0 Å². The van der Waals surface area contributed by atoms with E-state index in [-0.39, 0.29) is 11.8 Å². The fraction of sp³-hybridized carbons (Fsp3) is 0.500. The molecule has 0 unspecified atom stereocenters. The van der Waals surface area contributed by atoms with E-state index in [1.807, 2.05) is 38.2 Å². The van der Waals surface area contributed by atoms with E-state index in [4.69, 9.17) is 9.26 Å². The number of hydrogen-bond donors (Lipinski definition) is 0. The maximum atomic E-state index is 12.5. The lowest BCUT2D eigenvalue weighted by Crippen LogP contribution is -2.37. The van der Waals surface area contributed by atoms with Crippen LogP contribution in [0.3, 0.4) is 0 Å². The molecule has 7 heteroatoms. The molecule has 1 atom stereocenters. The molecule has 0 radical (unpaired) electrons. The maximum absolute atomic E-state index is 12.5. The Kier molecular flexibility index (Phi) is 5.33. The Morgan fingerprint density at radius 3 is 2.96 bits per heavy atom. The third-order valence-electron chi connectivity index (χ3n) is 4.55. The van der Waals surface area contributed by atoms with Gasteiger partial charge in [-0.3, -0.25) is 9.69 Å². The number of ether oxygens (including phenoxy) is 1. The Hall–Kier alpha value is -2.41. The minimum absolute atomic E-state index is 0.0910. The molecule has 7 nitrogen and oxygen atoms in total. The van der Waals surface area contributed by atoms with Gasteiger partial charge in [-0.2, -0.15) is 4.98 Å². The minimum Gasteiger partial charge on any atom is -0.496 e. The van der Waals surface area contributed by atoms with Crippen molar-refractivity contribution in [2.24, 2.45) is 0 Å². The van der Waals surface area contributed by atoms with Gasteiger partial charge >= 0.3 is 0 Å². The van der Waals surface area contributed by atoms with Crippen molar-refractivity contribution in [3.8, 4) is 5.75 Å². The average Bonchev–Trinajstić information content (AvgIpc) is 3.24. The molecule has 0 bridgehead atoms. The molecule has 134 valence electrons. The number of aryl methyl sites for hydroxylation is 1. The van der Waals surface area contributed by atoms with E-state index in [1.165, 1.54) is 0 Å². The maximum Gasteiger partial charge on any atom is 0.236 e. The average molecular weight is 344 g/mol. The molecule has 0 N–H and O–H groups in total. The van der Waals surface area contributed by atoms with Crippen molar-refractivity contribution in [1.82, 2.24) is 19.9 Å². The molecule has 2 heterocycles. The fourth-order valence-corrected chi connectivity index (χ4v) is 3.15. The van der Waals surface area contributed by atoms with E-state index in [1.54, 1.807) is 12.0 Å². The number of amides is 1. The van der Waals surface area contributed by atoms with E-state index in [9.17, 15) is 4.79 Å². The zero-order chi connectivity index (χ0) is 17.8. The first kappa shape index (κ1) is 17.4. The van der Waals surface area contributed by atoms with E-state index >= 15 is 0 Å². The topological polar surface area (TPSA) is 71.7 Å². The molecule has 1 fully saturated rings. The number of likely N-dealkylation sites (N-methyl/N-ethyl adjacent to an activating group) is 1. The number of hydrogen-bond acceptors (Lipinski definition) is 6. The summed E-state index contributed by atoms with van der Waals surface area (Å²) in [6, 6.07) is 7.76. The number of carbonyl (C=O) groups is 1. The Labute approximate surface area is 147 Å². The van der Waals surface area contributed by atoms with Gasteiger partial charge in [0.15, 0.2) is 5.82 Å². The summed E-state index contributed by atoms with van der Waals surface area (Å²) in [5, 5.41) is 3.85. The standard InChI is InChI=1S/C18H24N4O3/c1-13-19-18(25-20-13)15-8-9-22(11-15)12-17(23)21(2)10-14-6-4-5-7-16(14)24-3/h4-7,15H,8-12H2,1-3H3/t15-/m0/s1. The van der Waals surface area contributed by atoms with Crippen LogP contribution in [0.2, 0.25) is 0 Å². The van der Waals surface area contributed by atoms with Crippen LogP contribution in [0.25, 0.3) is 0 Å². The van der Waals surface area contributed by atoms with Crippen molar-refractivity contribution >= 4 is 5.91 Å². The third-order valence-corrected chi connectivity index (χ3v) is 4.55. The number of methoxy groups -OCH3 is 1. The fourth-order valence-electron chi connectivity index (χ4n) is 3.15. The van der Waals surface area contributed by atoms with Gasteiger partial charge in [-0.25, -0.2) is 0 Å². The number of likely N-dealkylation sites (tertiary alicyclic amines) is 1. The van der Waals surface area contributed by atoms with Crippen LogP contribution in [-0.2, 0) is 11.3 Å². The molecule has 2 aromatic rings. The van der Waals surface area contributed by atoms with Crippen LogP contribution in [0.5, 0.6) is 5.75 Å². The lowest BCUT2D eigenvalue weighted by Gasteiger charge is -2.22. The largest absolute Gasteiger partial charge is 0.496 e. The first-order chi connectivity index (χ1) is 12.1. The summed E-state index contributed by atoms with van der Waals surface area (Å²) in [6.07, 6.45) is 0.936. The molecular formula is C18H24N4O3. The molecule has 25 heavy (non-hydrogen) atoms. The van der Waals surface area contributed by atoms with Crippen LogP contribution in [0.15, 0.2) is 28.8 Å². The quantitative estimate of drug-likeness (QED) is 0.796. The molecular weight excluding hydrogens is 320 g/mol. The Morgan fingerprint density at radius 2 is 2.24 bits per heavy atom. The lowest BCUT2D eigenvalue weighted by molar-refractivity contribution is -0.131. The van der Waals surface area contributed by atoms with Gasteiger partial charge in [0, 0.05) is 25.7 Å². The second-order valence-corrected chi connectivity index (χ2v) is 6.46. The van der Waals surface area contributed by atoms with E-state index < -0.39 is 0 Å². The van der Waals surface area contributed by atoms with E-state index in [2.05, 4.69) is 15.0 Å². The van der Waals surface area contributed by atoms with Crippen molar-refractivity contribution in [2.75, 3.05) is 33.8 Å². The van der Waals surface area contributed by atoms with Crippen molar-refractivity contribution in [2.45, 2.75) is 25.8 Å². The molecule has 1 aliphatic rings.